The highest BCUT2D eigenvalue weighted by Crippen LogP contribution is 2.36. The van der Waals surface area contributed by atoms with E-state index in [-0.39, 0.29) is 18.3 Å². The molecule has 0 radical (unpaired) electrons. The van der Waals surface area contributed by atoms with E-state index < -0.39 is 0 Å². The van der Waals surface area contributed by atoms with Gasteiger partial charge in [0.15, 0.2) is 10.3 Å². The molecule has 1 aliphatic heterocycles. The summed E-state index contributed by atoms with van der Waals surface area (Å²) in [5.74, 6) is 0. The Morgan fingerprint density at radius 1 is 0.727 bits per heavy atom. The molecule has 44 heavy (non-hydrogen) atoms. The second kappa shape index (κ2) is 12.2. The lowest BCUT2D eigenvalue weighted by Crippen LogP contribution is -2.41. The topological polar surface area (TPSA) is 116 Å². The van der Waals surface area contributed by atoms with Gasteiger partial charge in [-0.1, -0.05) is 23.2 Å². The summed E-state index contributed by atoms with van der Waals surface area (Å²) in [5.41, 5.74) is 5.84. The highest BCUT2D eigenvalue weighted by atomic mass is 79.9. The molecule has 1 aliphatic rings. The van der Waals surface area contributed by atoms with Crippen LogP contribution in [0.1, 0.15) is 27.7 Å². The molecule has 0 amide bonds. The standard InChI is InChI=1S/C11H10ClN5.C10H17BN2O2.C7H5BrClN3/c1-16-5-7(4-15-16)9-3-8-10(17(9)2)11(12)14-6-13-8;1-9(2)10(3,4)15-11(14-9)8-6-12-13(5)7-8;1-12-5(8)2-4-6(12)7(9)11-3-10-4/h3-6H,1-2H3;6-7H,1-5H3;2-3H,1H3. The molecular weight excluding hydrogens is 670 g/mol. The molecule has 7 heterocycles. The van der Waals surface area contributed by atoms with Crippen LogP contribution in [-0.4, -0.2) is 67.0 Å². The number of hydrogen-bond acceptors (Lipinski definition) is 8. The van der Waals surface area contributed by atoms with Crippen molar-refractivity contribution in [1.82, 2.24) is 48.6 Å². The summed E-state index contributed by atoms with van der Waals surface area (Å²) in [4.78, 5) is 16.2. The van der Waals surface area contributed by atoms with Crippen molar-refractivity contribution in [2.45, 2.75) is 38.9 Å². The molecule has 0 bridgehead atoms. The van der Waals surface area contributed by atoms with Gasteiger partial charge in [0.05, 0.1) is 38.7 Å². The van der Waals surface area contributed by atoms with E-state index >= 15 is 0 Å². The largest absolute Gasteiger partial charge is 0.498 e. The van der Waals surface area contributed by atoms with Crippen molar-refractivity contribution in [3.8, 4) is 11.3 Å². The minimum Gasteiger partial charge on any atom is -0.399 e. The first-order chi connectivity index (χ1) is 20.7. The molecule has 0 unspecified atom stereocenters. The first-order valence-electron chi connectivity index (χ1n) is 13.6. The molecule has 1 fully saturated rings. The van der Waals surface area contributed by atoms with Crippen LogP contribution < -0.4 is 5.46 Å². The number of fused-ring (bicyclic) bond motifs is 2. The van der Waals surface area contributed by atoms with Crippen molar-refractivity contribution in [3.05, 3.63) is 64.5 Å². The van der Waals surface area contributed by atoms with Gasteiger partial charge in [0.2, 0.25) is 0 Å². The lowest BCUT2D eigenvalue weighted by atomic mass is 9.82. The number of aryl methyl sites for hydroxylation is 4. The van der Waals surface area contributed by atoms with Crippen LogP contribution in [0.5, 0.6) is 0 Å². The minimum atomic E-state index is -0.302. The van der Waals surface area contributed by atoms with Crippen molar-refractivity contribution in [2.75, 3.05) is 0 Å². The maximum atomic E-state index is 6.08. The molecule has 0 N–H and O–H groups in total. The molecular formula is C28H32BBrCl2N10O2. The van der Waals surface area contributed by atoms with E-state index in [1.54, 1.807) is 15.6 Å². The zero-order valence-electron chi connectivity index (χ0n) is 25.6. The van der Waals surface area contributed by atoms with Crippen molar-refractivity contribution in [1.29, 1.82) is 0 Å². The van der Waals surface area contributed by atoms with E-state index in [1.165, 1.54) is 12.7 Å². The van der Waals surface area contributed by atoms with Crippen LogP contribution in [0, 0.1) is 0 Å². The van der Waals surface area contributed by atoms with Crippen LogP contribution in [0.25, 0.3) is 33.3 Å². The summed E-state index contributed by atoms with van der Waals surface area (Å²) in [7, 11) is 7.32. The van der Waals surface area contributed by atoms with E-state index in [9.17, 15) is 0 Å². The highest BCUT2D eigenvalue weighted by molar-refractivity contribution is 9.10. The van der Waals surface area contributed by atoms with Gasteiger partial charge in [-0.2, -0.15) is 10.2 Å². The fourth-order valence-electron chi connectivity index (χ4n) is 4.61. The molecule has 0 spiro atoms. The first kappa shape index (κ1) is 32.1. The summed E-state index contributed by atoms with van der Waals surface area (Å²) in [6, 6.07) is 3.89. The Morgan fingerprint density at radius 3 is 1.73 bits per heavy atom. The fourth-order valence-corrected chi connectivity index (χ4v) is 5.53. The Kier molecular flexibility index (Phi) is 8.93. The normalized spacial score (nSPS) is 15.3. The molecule has 230 valence electrons. The average Bonchev–Trinajstić information content (AvgIpc) is 3.74. The zero-order chi connectivity index (χ0) is 32.0. The van der Waals surface area contributed by atoms with Crippen LogP contribution >= 0.6 is 39.1 Å². The first-order valence-corrected chi connectivity index (χ1v) is 15.1. The third-order valence-corrected chi connectivity index (χ3v) is 9.06. The summed E-state index contributed by atoms with van der Waals surface area (Å²) in [6.07, 6.45) is 10.4. The third kappa shape index (κ3) is 6.27. The summed E-state index contributed by atoms with van der Waals surface area (Å²) in [6.45, 7) is 8.18. The van der Waals surface area contributed by atoms with Crippen LogP contribution in [0.15, 0.2) is 54.2 Å². The van der Waals surface area contributed by atoms with Crippen molar-refractivity contribution in [2.24, 2.45) is 28.2 Å². The maximum Gasteiger partial charge on any atom is 0.498 e. The fraction of sp³-hybridized carbons (Fsp3) is 0.357. The van der Waals surface area contributed by atoms with Crippen LogP contribution in [0.2, 0.25) is 10.3 Å². The second-order valence-corrected chi connectivity index (χ2v) is 12.9. The minimum absolute atomic E-state index is 0.284. The molecule has 0 saturated carbocycles. The van der Waals surface area contributed by atoms with Gasteiger partial charge in [-0.05, 0) is 55.8 Å². The van der Waals surface area contributed by atoms with E-state index in [1.807, 2.05) is 95.7 Å². The molecule has 16 heteroatoms. The zero-order valence-corrected chi connectivity index (χ0v) is 28.7. The SMILES string of the molecule is Cn1c(Br)cc2ncnc(Cl)c21.Cn1cc(-c2cc3ncnc(Cl)c3n2C)cn1.Cn1cc(B2OC(C)(C)C(C)(C)O2)cn1. The molecule has 0 aliphatic carbocycles. The molecule has 1 saturated heterocycles. The highest BCUT2D eigenvalue weighted by Gasteiger charge is 2.52. The van der Waals surface area contributed by atoms with Gasteiger partial charge in [0.25, 0.3) is 0 Å². The van der Waals surface area contributed by atoms with Crippen LogP contribution in [-0.2, 0) is 37.5 Å². The molecule has 0 atom stereocenters. The van der Waals surface area contributed by atoms with Gasteiger partial charge in [-0.3, -0.25) is 9.36 Å². The van der Waals surface area contributed by atoms with E-state index in [2.05, 4.69) is 46.1 Å². The quantitative estimate of drug-likeness (QED) is 0.180. The van der Waals surface area contributed by atoms with Gasteiger partial charge in [0, 0.05) is 57.8 Å². The van der Waals surface area contributed by atoms with Gasteiger partial charge in [0.1, 0.15) is 23.7 Å². The molecule has 6 aromatic rings. The number of rotatable bonds is 2. The van der Waals surface area contributed by atoms with E-state index in [4.69, 9.17) is 32.5 Å². The van der Waals surface area contributed by atoms with Gasteiger partial charge in [-0.15, -0.1) is 0 Å². The van der Waals surface area contributed by atoms with Crippen molar-refractivity contribution in [3.63, 3.8) is 0 Å². The lowest BCUT2D eigenvalue weighted by molar-refractivity contribution is 0.00578. The monoisotopic (exact) mass is 700 g/mol. The predicted octanol–water partition coefficient (Wildman–Crippen LogP) is 5.13. The number of halogens is 3. The van der Waals surface area contributed by atoms with Crippen LogP contribution in [0.4, 0.5) is 0 Å². The Balaban J connectivity index is 0.000000133. The number of aromatic nitrogens is 10. The predicted molar refractivity (Wildman–Crippen MR) is 176 cm³/mol. The Morgan fingerprint density at radius 2 is 1.25 bits per heavy atom. The summed E-state index contributed by atoms with van der Waals surface area (Å²) in [5, 5.41) is 9.22. The Labute approximate surface area is 273 Å². The number of hydrogen-bond donors (Lipinski definition) is 0. The Bertz CT molecular complexity index is 1930. The summed E-state index contributed by atoms with van der Waals surface area (Å²) >= 11 is 15.3. The van der Waals surface area contributed by atoms with Gasteiger partial charge in [-0.25, -0.2) is 19.9 Å². The smallest absolute Gasteiger partial charge is 0.399 e. The van der Waals surface area contributed by atoms with Gasteiger partial charge >= 0.3 is 7.12 Å². The lowest BCUT2D eigenvalue weighted by Gasteiger charge is -2.32. The molecule has 0 aromatic carbocycles. The van der Waals surface area contributed by atoms with Crippen molar-refractivity contribution >= 4 is 73.8 Å². The molecule has 6 aromatic heterocycles. The van der Waals surface area contributed by atoms with Crippen LogP contribution in [0.3, 0.4) is 0 Å². The number of nitrogens with zero attached hydrogens (tertiary/aromatic N) is 10. The van der Waals surface area contributed by atoms with Gasteiger partial charge < -0.3 is 18.4 Å². The average molecular weight is 702 g/mol. The second-order valence-electron chi connectivity index (χ2n) is 11.3. The van der Waals surface area contributed by atoms with E-state index in [0.29, 0.717) is 10.3 Å². The summed E-state index contributed by atoms with van der Waals surface area (Å²) < 4.78 is 20.1. The van der Waals surface area contributed by atoms with Crippen molar-refractivity contribution < 1.29 is 9.31 Å². The maximum absolute atomic E-state index is 6.08. The Hall–Kier alpha value is -3.30. The van der Waals surface area contributed by atoms with E-state index in [0.717, 1.165) is 43.4 Å². The third-order valence-electron chi connectivity index (χ3n) is 7.74. The molecule has 12 nitrogen and oxygen atoms in total. The molecule has 7 rings (SSSR count).